The van der Waals surface area contributed by atoms with Crippen molar-refractivity contribution in [3.8, 4) is 0 Å². The normalized spacial score (nSPS) is 23.4. The fraction of sp³-hybridized carbons (Fsp3) is 0.692. The van der Waals surface area contributed by atoms with E-state index in [4.69, 9.17) is 0 Å². The Morgan fingerprint density at radius 3 is 3.16 bits per heavy atom. The molecule has 3 heterocycles. The Balaban J connectivity index is 1.71. The van der Waals surface area contributed by atoms with Crippen LogP contribution in [0, 0.1) is 5.92 Å². The Morgan fingerprint density at radius 2 is 2.37 bits per heavy atom. The molecule has 0 aliphatic carbocycles. The summed E-state index contributed by atoms with van der Waals surface area (Å²) < 4.78 is 0.694. The molecule has 0 radical (unpaired) electrons. The van der Waals surface area contributed by atoms with E-state index >= 15 is 0 Å². The highest BCUT2D eigenvalue weighted by Gasteiger charge is 2.21. The standard InChI is InChI=1S/C13H20BrN5/c1-19-5-3-9(8-19)6-16-12-10-7-15-4-2-11(10)17-13(14)18-12/h9,15H,2-8H2,1H3,(H,16,17,18). The van der Waals surface area contributed by atoms with Crippen molar-refractivity contribution in [3.63, 3.8) is 0 Å². The highest BCUT2D eigenvalue weighted by atomic mass is 79.9. The second kappa shape index (κ2) is 5.73. The molecule has 2 N–H and O–H groups in total. The number of halogens is 1. The largest absolute Gasteiger partial charge is 0.369 e. The monoisotopic (exact) mass is 325 g/mol. The summed E-state index contributed by atoms with van der Waals surface area (Å²) in [5.41, 5.74) is 2.41. The van der Waals surface area contributed by atoms with Crippen LogP contribution in [-0.2, 0) is 13.0 Å². The Morgan fingerprint density at radius 1 is 1.47 bits per heavy atom. The zero-order chi connectivity index (χ0) is 13.2. The molecule has 0 amide bonds. The molecule has 1 fully saturated rings. The van der Waals surface area contributed by atoms with Gasteiger partial charge in [0.2, 0.25) is 0 Å². The Kier molecular flexibility index (Phi) is 4.00. The van der Waals surface area contributed by atoms with E-state index in [1.807, 2.05) is 0 Å². The van der Waals surface area contributed by atoms with E-state index < -0.39 is 0 Å². The number of rotatable bonds is 3. The SMILES string of the molecule is CN1CCC(CNc2nc(Br)nc3c2CNCC3)C1. The van der Waals surface area contributed by atoms with Gasteiger partial charge in [0.15, 0.2) is 4.73 Å². The molecular formula is C13H20BrN5. The summed E-state index contributed by atoms with van der Waals surface area (Å²) in [5, 5.41) is 6.92. The number of nitrogens with zero attached hydrogens (tertiary/aromatic N) is 3. The lowest BCUT2D eigenvalue weighted by Crippen LogP contribution is -2.27. The van der Waals surface area contributed by atoms with Crippen molar-refractivity contribution in [3.05, 3.63) is 16.0 Å². The molecule has 19 heavy (non-hydrogen) atoms. The maximum Gasteiger partial charge on any atom is 0.198 e. The predicted octanol–water partition coefficient (Wildman–Crippen LogP) is 1.25. The number of hydrogen-bond acceptors (Lipinski definition) is 5. The first-order valence-electron chi connectivity index (χ1n) is 6.91. The van der Waals surface area contributed by atoms with E-state index in [-0.39, 0.29) is 0 Å². The molecule has 2 aliphatic heterocycles. The minimum absolute atomic E-state index is 0.694. The minimum Gasteiger partial charge on any atom is -0.369 e. The lowest BCUT2D eigenvalue weighted by Gasteiger charge is -2.21. The van der Waals surface area contributed by atoms with Crippen LogP contribution in [-0.4, -0.2) is 48.1 Å². The van der Waals surface area contributed by atoms with Gasteiger partial charge >= 0.3 is 0 Å². The third-order valence-electron chi connectivity index (χ3n) is 3.95. The molecule has 1 aromatic heterocycles. The van der Waals surface area contributed by atoms with Gasteiger partial charge in [-0.2, -0.15) is 0 Å². The molecule has 104 valence electrons. The molecule has 3 rings (SSSR count). The van der Waals surface area contributed by atoms with Crippen LogP contribution in [0.15, 0.2) is 4.73 Å². The molecule has 5 nitrogen and oxygen atoms in total. The van der Waals surface area contributed by atoms with Crippen molar-refractivity contribution in [1.29, 1.82) is 0 Å². The fourth-order valence-corrected chi connectivity index (χ4v) is 3.28. The molecule has 1 unspecified atom stereocenters. The van der Waals surface area contributed by atoms with E-state index in [1.165, 1.54) is 30.8 Å². The number of hydrogen-bond donors (Lipinski definition) is 2. The van der Waals surface area contributed by atoms with Crippen LogP contribution in [0.5, 0.6) is 0 Å². The van der Waals surface area contributed by atoms with Gasteiger partial charge in [0.1, 0.15) is 5.82 Å². The van der Waals surface area contributed by atoms with Crippen LogP contribution in [0.25, 0.3) is 0 Å². The van der Waals surface area contributed by atoms with Gasteiger partial charge in [0.05, 0.1) is 5.69 Å². The van der Waals surface area contributed by atoms with Gasteiger partial charge in [-0.15, -0.1) is 0 Å². The summed E-state index contributed by atoms with van der Waals surface area (Å²) in [7, 11) is 2.19. The van der Waals surface area contributed by atoms with Crippen LogP contribution < -0.4 is 10.6 Å². The summed E-state index contributed by atoms with van der Waals surface area (Å²) in [6.07, 6.45) is 2.26. The first kappa shape index (κ1) is 13.3. The van der Waals surface area contributed by atoms with Gasteiger partial charge in [0, 0.05) is 38.2 Å². The second-order valence-corrected chi connectivity index (χ2v) is 6.20. The highest BCUT2D eigenvalue weighted by molar-refractivity contribution is 9.10. The van der Waals surface area contributed by atoms with Crippen LogP contribution >= 0.6 is 15.9 Å². The Hall–Kier alpha value is -0.720. The van der Waals surface area contributed by atoms with Crippen molar-refractivity contribution in [1.82, 2.24) is 20.2 Å². The third-order valence-corrected chi connectivity index (χ3v) is 4.31. The van der Waals surface area contributed by atoms with Gasteiger partial charge in [-0.1, -0.05) is 0 Å². The Labute approximate surface area is 122 Å². The smallest absolute Gasteiger partial charge is 0.198 e. The molecule has 0 spiro atoms. The maximum atomic E-state index is 4.51. The second-order valence-electron chi connectivity index (χ2n) is 5.49. The summed E-state index contributed by atoms with van der Waals surface area (Å²) in [4.78, 5) is 11.4. The third kappa shape index (κ3) is 3.07. The number of nitrogens with one attached hydrogen (secondary N) is 2. The Bertz CT molecular complexity index is 465. The van der Waals surface area contributed by atoms with Gasteiger partial charge in [-0.3, -0.25) is 0 Å². The lowest BCUT2D eigenvalue weighted by atomic mass is 10.1. The van der Waals surface area contributed by atoms with Crippen molar-refractivity contribution < 1.29 is 0 Å². The molecule has 0 saturated carbocycles. The van der Waals surface area contributed by atoms with Crippen LogP contribution in [0.4, 0.5) is 5.82 Å². The van der Waals surface area contributed by atoms with Gasteiger partial charge in [-0.25, -0.2) is 9.97 Å². The summed E-state index contributed by atoms with van der Waals surface area (Å²) in [5.74, 6) is 1.73. The number of anilines is 1. The quantitative estimate of drug-likeness (QED) is 0.819. The van der Waals surface area contributed by atoms with Crippen LogP contribution in [0.2, 0.25) is 0 Å². The van der Waals surface area contributed by atoms with E-state index in [0.29, 0.717) is 4.73 Å². The molecule has 0 aromatic carbocycles. The molecule has 6 heteroatoms. The molecule has 2 aliphatic rings. The fourth-order valence-electron chi connectivity index (χ4n) is 2.89. The van der Waals surface area contributed by atoms with E-state index in [9.17, 15) is 0 Å². The first-order chi connectivity index (χ1) is 9.22. The van der Waals surface area contributed by atoms with E-state index in [0.717, 1.165) is 37.8 Å². The summed E-state index contributed by atoms with van der Waals surface area (Å²) >= 11 is 3.41. The van der Waals surface area contributed by atoms with Crippen molar-refractivity contribution in [2.75, 3.05) is 38.5 Å². The molecule has 1 aromatic rings. The number of fused-ring (bicyclic) bond motifs is 1. The lowest BCUT2D eigenvalue weighted by molar-refractivity contribution is 0.399. The van der Waals surface area contributed by atoms with Crippen LogP contribution in [0.3, 0.4) is 0 Å². The first-order valence-corrected chi connectivity index (χ1v) is 7.70. The van der Waals surface area contributed by atoms with Crippen molar-refractivity contribution >= 4 is 21.7 Å². The highest BCUT2D eigenvalue weighted by Crippen LogP contribution is 2.23. The summed E-state index contributed by atoms with van der Waals surface area (Å²) in [6.45, 7) is 5.26. The van der Waals surface area contributed by atoms with Gasteiger partial charge in [0.25, 0.3) is 0 Å². The van der Waals surface area contributed by atoms with Crippen molar-refractivity contribution in [2.45, 2.75) is 19.4 Å². The maximum absolute atomic E-state index is 4.51. The number of aromatic nitrogens is 2. The molecule has 0 bridgehead atoms. The molecular weight excluding hydrogens is 306 g/mol. The molecule has 1 atom stereocenters. The van der Waals surface area contributed by atoms with E-state index in [1.54, 1.807) is 0 Å². The van der Waals surface area contributed by atoms with Crippen LogP contribution in [0.1, 0.15) is 17.7 Å². The zero-order valence-electron chi connectivity index (χ0n) is 11.2. The number of likely N-dealkylation sites (tertiary alicyclic amines) is 1. The van der Waals surface area contributed by atoms with Gasteiger partial charge in [-0.05, 0) is 41.9 Å². The predicted molar refractivity (Wildman–Crippen MR) is 79.2 cm³/mol. The summed E-state index contributed by atoms with van der Waals surface area (Å²) in [6, 6.07) is 0. The minimum atomic E-state index is 0.694. The average molecular weight is 326 g/mol. The average Bonchev–Trinajstić information content (AvgIpc) is 2.81. The zero-order valence-corrected chi connectivity index (χ0v) is 12.8. The molecule has 1 saturated heterocycles. The topological polar surface area (TPSA) is 53.1 Å². The van der Waals surface area contributed by atoms with E-state index in [2.05, 4.69) is 48.5 Å². The van der Waals surface area contributed by atoms with Crippen molar-refractivity contribution in [2.24, 2.45) is 5.92 Å². The van der Waals surface area contributed by atoms with Gasteiger partial charge < -0.3 is 15.5 Å².